The maximum atomic E-state index is 13.8. The number of hydrogen-bond acceptors (Lipinski definition) is 4. The Bertz CT molecular complexity index is 1860. The molecule has 5 rings (SSSR count). The molecule has 2 N–H and O–H groups in total. The van der Waals surface area contributed by atoms with Gasteiger partial charge < -0.3 is 15.2 Å². The number of amides is 1. The molecule has 7 nitrogen and oxygen atoms in total. The van der Waals surface area contributed by atoms with Crippen LogP contribution in [0.5, 0.6) is 5.75 Å². The quantitative estimate of drug-likeness (QED) is 0.153. The molecular formula is C36H34F3N3O4. The molecule has 1 aromatic heterocycles. The molecular weight excluding hydrogens is 595 g/mol. The predicted molar refractivity (Wildman–Crippen MR) is 171 cm³/mol. The van der Waals surface area contributed by atoms with E-state index < -0.39 is 17.7 Å². The van der Waals surface area contributed by atoms with Crippen LogP contribution in [0.25, 0.3) is 33.3 Å². The number of halogens is 3. The SMILES string of the molecule is CCCC(c1ccc(C(=O)NCCC(=O)O)cc1)n1nc(-c2cc(C(F)(F)F)ccc2OC)c2ccc(-c3ccc(C)cc3)cc21. The summed E-state index contributed by atoms with van der Waals surface area (Å²) in [5.74, 6) is -1.12. The van der Waals surface area contributed by atoms with Crippen molar-refractivity contribution in [2.24, 2.45) is 0 Å². The van der Waals surface area contributed by atoms with Crippen LogP contribution in [0.2, 0.25) is 0 Å². The maximum absolute atomic E-state index is 13.8. The number of nitrogens with one attached hydrogen (secondary N) is 1. The number of alkyl halides is 3. The average Bonchev–Trinajstić information content (AvgIpc) is 3.41. The van der Waals surface area contributed by atoms with Crippen molar-refractivity contribution in [3.63, 3.8) is 0 Å². The van der Waals surface area contributed by atoms with Gasteiger partial charge in [0.25, 0.3) is 5.91 Å². The van der Waals surface area contributed by atoms with Gasteiger partial charge in [0.2, 0.25) is 0 Å². The lowest BCUT2D eigenvalue weighted by molar-refractivity contribution is -0.138. The van der Waals surface area contributed by atoms with E-state index in [2.05, 4.69) is 5.32 Å². The highest BCUT2D eigenvalue weighted by molar-refractivity contribution is 5.97. The lowest BCUT2D eigenvalue weighted by atomic mass is 9.98. The molecule has 10 heteroatoms. The molecule has 0 bridgehead atoms. The fourth-order valence-corrected chi connectivity index (χ4v) is 5.51. The minimum absolute atomic E-state index is 0.0126. The fraction of sp³-hybridized carbons (Fsp3) is 0.250. The molecule has 1 amide bonds. The molecule has 1 atom stereocenters. The molecule has 0 aliphatic heterocycles. The van der Waals surface area contributed by atoms with Gasteiger partial charge in [-0.05, 0) is 72.5 Å². The summed E-state index contributed by atoms with van der Waals surface area (Å²) < 4.78 is 48.9. The minimum atomic E-state index is -4.55. The van der Waals surface area contributed by atoms with Gasteiger partial charge in [-0.2, -0.15) is 18.3 Å². The summed E-state index contributed by atoms with van der Waals surface area (Å²) >= 11 is 0. The van der Waals surface area contributed by atoms with Crippen molar-refractivity contribution in [1.82, 2.24) is 15.1 Å². The zero-order valence-electron chi connectivity index (χ0n) is 25.7. The van der Waals surface area contributed by atoms with Crippen molar-refractivity contribution in [1.29, 1.82) is 0 Å². The zero-order valence-corrected chi connectivity index (χ0v) is 25.7. The number of hydrogen-bond donors (Lipinski definition) is 2. The molecule has 0 fully saturated rings. The van der Waals surface area contributed by atoms with Crippen LogP contribution in [-0.4, -0.2) is 40.4 Å². The summed E-state index contributed by atoms with van der Waals surface area (Å²) in [6.45, 7) is 4.06. The Morgan fingerprint density at radius 1 is 0.957 bits per heavy atom. The van der Waals surface area contributed by atoms with Crippen molar-refractivity contribution in [3.8, 4) is 28.1 Å². The third-order valence-corrected chi connectivity index (χ3v) is 7.91. The predicted octanol–water partition coefficient (Wildman–Crippen LogP) is 8.30. The van der Waals surface area contributed by atoms with Crippen LogP contribution < -0.4 is 10.1 Å². The molecule has 0 radical (unpaired) electrons. The Morgan fingerprint density at radius 3 is 2.28 bits per heavy atom. The van der Waals surface area contributed by atoms with Gasteiger partial charge in [-0.3, -0.25) is 14.3 Å². The second-order valence-electron chi connectivity index (χ2n) is 11.1. The summed E-state index contributed by atoms with van der Waals surface area (Å²) in [5, 5.41) is 17.1. The lowest BCUT2D eigenvalue weighted by Crippen LogP contribution is -2.26. The summed E-state index contributed by atoms with van der Waals surface area (Å²) in [6, 6.07) is 24.0. The van der Waals surface area contributed by atoms with E-state index in [4.69, 9.17) is 14.9 Å². The largest absolute Gasteiger partial charge is 0.496 e. The van der Waals surface area contributed by atoms with Crippen LogP contribution in [0, 0.1) is 6.92 Å². The number of aryl methyl sites for hydroxylation is 1. The summed E-state index contributed by atoms with van der Waals surface area (Å²) in [6.07, 6.45) is -3.29. The van der Waals surface area contributed by atoms with Crippen LogP contribution in [0.1, 0.15) is 59.3 Å². The first-order valence-electron chi connectivity index (χ1n) is 14.9. The number of ether oxygens (including phenoxy) is 1. The smallest absolute Gasteiger partial charge is 0.416 e. The monoisotopic (exact) mass is 629 g/mol. The van der Waals surface area contributed by atoms with Gasteiger partial charge >= 0.3 is 12.1 Å². The molecule has 5 aromatic rings. The number of rotatable bonds is 11. The first-order valence-corrected chi connectivity index (χ1v) is 14.9. The number of aliphatic carboxylic acids is 1. The zero-order chi connectivity index (χ0) is 33.0. The van der Waals surface area contributed by atoms with E-state index in [0.29, 0.717) is 23.1 Å². The fourth-order valence-electron chi connectivity index (χ4n) is 5.51. The number of nitrogens with zero attached hydrogens (tertiary/aromatic N) is 2. The summed E-state index contributed by atoms with van der Waals surface area (Å²) in [7, 11) is 1.42. The summed E-state index contributed by atoms with van der Waals surface area (Å²) in [5.41, 5.74) is 4.81. The van der Waals surface area contributed by atoms with E-state index in [0.717, 1.165) is 46.3 Å². The highest BCUT2D eigenvalue weighted by Gasteiger charge is 2.32. The van der Waals surface area contributed by atoms with Gasteiger partial charge in [-0.25, -0.2) is 0 Å². The molecule has 1 unspecified atom stereocenters. The second-order valence-corrected chi connectivity index (χ2v) is 11.1. The number of benzene rings is 4. The first-order chi connectivity index (χ1) is 22.0. The van der Waals surface area contributed by atoms with E-state index in [1.165, 1.54) is 13.2 Å². The van der Waals surface area contributed by atoms with Crippen molar-refractivity contribution >= 4 is 22.8 Å². The van der Waals surface area contributed by atoms with Crippen LogP contribution in [0.4, 0.5) is 13.2 Å². The van der Waals surface area contributed by atoms with Gasteiger partial charge in [0.1, 0.15) is 11.4 Å². The first kappa shape index (κ1) is 32.3. The number of carboxylic acid groups (broad SMARTS) is 1. The number of carboxylic acids is 1. The molecule has 0 aliphatic carbocycles. The molecule has 0 saturated carbocycles. The van der Waals surface area contributed by atoms with E-state index in [-0.39, 0.29) is 36.2 Å². The third kappa shape index (κ3) is 6.91. The maximum Gasteiger partial charge on any atom is 0.416 e. The number of carbonyl (C=O) groups is 2. The molecule has 0 spiro atoms. The Morgan fingerprint density at radius 2 is 1.65 bits per heavy atom. The molecule has 46 heavy (non-hydrogen) atoms. The number of carbonyl (C=O) groups excluding carboxylic acids is 1. The topological polar surface area (TPSA) is 93.5 Å². The molecule has 4 aromatic carbocycles. The number of fused-ring (bicyclic) bond motifs is 1. The van der Waals surface area contributed by atoms with Crippen LogP contribution in [0.15, 0.2) is 84.9 Å². The van der Waals surface area contributed by atoms with E-state index >= 15 is 0 Å². The van der Waals surface area contributed by atoms with Gasteiger partial charge in [0.05, 0.1) is 30.7 Å². The van der Waals surface area contributed by atoms with Crippen LogP contribution in [-0.2, 0) is 11.0 Å². The Hall–Kier alpha value is -5.12. The van der Waals surface area contributed by atoms with Gasteiger partial charge in [-0.15, -0.1) is 0 Å². The van der Waals surface area contributed by atoms with Gasteiger partial charge in [0.15, 0.2) is 0 Å². The molecule has 0 saturated heterocycles. The van der Waals surface area contributed by atoms with Crippen molar-refractivity contribution in [3.05, 3.63) is 107 Å². The highest BCUT2D eigenvalue weighted by atomic mass is 19.4. The van der Waals surface area contributed by atoms with Crippen molar-refractivity contribution in [2.75, 3.05) is 13.7 Å². The molecule has 0 aliphatic rings. The van der Waals surface area contributed by atoms with E-state index in [1.54, 1.807) is 12.1 Å². The minimum Gasteiger partial charge on any atom is -0.496 e. The lowest BCUT2D eigenvalue weighted by Gasteiger charge is -2.19. The molecule has 1 heterocycles. The van der Waals surface area contributed by atoms with Crippen LogP contribution >= 0.6 is 0 Å². The van der Waals surface area contributed by atoms with Crippen molar-refractivity contribution < 1.29 is 32.6 Å². The Balaban J connectivity index is 1.66. The third-order valence-electron chi connectivity index (χ3n) is 7.91. The Labute approximate surface area is 264 Å². The van der Waals surface area contributed by atoms with Crippen molar-refractivity contribution in [2.45, 2.75) is 45.3 Å². The average molecular weight is 630 g/mol. The number of aromatic nitrogens is 2. The summed E-state index contributed by atoms with van der Waals surface area (Å²) in [4.78, 5) is 23.4. The second kappa shape index (κ2) is 13.5. The molecule has 238 valence electrons. The standard InChI is InChI=1S/C36H34F3N3O4/c1-4-5-30(24-10-12-25(13-11-24)35(45)40-19-18-33(43)44)42-31-20-26(23-8-6-22(2)7-9-23)14-16-28(31)34(41-42)29-21-27(36(37,38)39)15-17-32(29)46-3/h6-17,20-21,30H,4-5,18-19H2,1-3H3,(H,40,45)(H,43,44). The normalized spacial score (nSPS) is 12.2. The van der Waals surface area contributed by atoms with E-state index in [9.17, 15) is 22.8 Å². The van der Waals surface area contributed by atoms with Gasteiger partial charge in [-0.1, -0.05) is 61.4 Å². The highest BCUT2D eigenvalue weighted by Crippen LogP contribution is 2.41. The van der Waals surface area contributed by atoms with Gasteiger partial charge in [0, 0.05) is 23.1 Å². The van der Waals surface area contributed by atoms with Crippen LogP contribution in [0.3, 0.4) is 0 Å². The number of methoxy groups -OCH3 is 1. The van der Waals surface area contributed by atoms with E-state index in [1.807, 2.05) is 73.1 Å². The Kier molecular flexibility index (Phi) is 9.46.